The molecule has 0 aromatic heterocycles. The Hall–Kier alpha value is -1.41. The average Bonchev–Trinajstić information content (AvgIpc) is 3.37. The van der Waals surface area contributed by atoms with Gasteiger partial charge in [0.25, 0.3) is 0 Å². The van der Waals surface area contributed by atoms with Gasteiger partial charge in [-0.25, -0.2) is 0 Å². The second-order valence-corrected chi connectivity index (χ2v) is 15.1. The van der Waals surface area contributed by atoms with E-state index in [2.05, 4.69) is 59.4 Å². The fourth-order valence-electron chi connectivity index (χ4n) is 8.94. The first-order valence-electron chi connectivity index (χ1n) is 15.4. The Labute approximate surface area is 244 Å². The van der Waals surface area contributed by atoms with Gasteiger partial charge in [0, 0.05) is 23.2 Å². The van der Waals surface area contributed by atoms with E-state index in [-0.39, 0.29) is 41.5 Å². The van der Waals surface area contributed by atoms with Gasteiger partial charge in [-0.1, -0.05) is 71.4 Å². The van der Waals surface area contributed by atoms with E-state index in [0.717, 1.165) is 43.4 Å². The maximum absolute atomic E-state index is 14.2. The van der Waals surface area contributed by atoms with Crippen LogP contribution in [0.2, 0.25) is 0 Å². The van der Waals surface area contributed by atoms with Crippen LogP contribution >= 0.6 is 11.8 Å². The van der Waals surface area contributed by atoms with Crippen molar-refractivity contribution in [1.82, 2.24) is 0 Å². The van der Waals surface area contributed by atoms with Crippen LogP contribution in [-0.2, 0) is 23.8 Å². The van der Waals surface area contributed by atoms with Crippen LogP contribution in [0.5, 0.6) is 0 Å². The van der Waals surface area contributed by atoms with Gasteiger partial charge in [-0.3, -0.25) is 9.59 Å². The number of carbonyl (C=O) groups is 2. The van der Waals surface area contributed by atoms with E-state index in [1.54, 1.807) is 0 Å². The molecule has 0 aromatic carbocycles. The highest BCUT2D eigenvalue weighted by atomic mass is 32.2. The van der Waals surface area contributed by atoms with Crippen LogP contribution in [-0.4, -0.2) is 58.6 Å². The Kier molecular flexibility index (Phi) is 8.53. The molecule has 1 heterocycles. The number of Topliss-reactive ketones (excluding diaryl/α,β-unsaturated/α-hetero) is 1. The lowest BCUT2D eigenvalue weighted by molar-refractivity contribution is -0.201. The van der Waals surface area contributed by atoms with Crippen molar-refractivity contribution in [2.24, 2.45) is 28.6 Å². The second kappa shape index (κ2) is 11.3. The number of hydrogen-bond donors (Lipinski definition) is 1. The maximum atomic E-state index is 14.2. The van der Waals surface area contributed by atoms with Crippen molar-refractivity contribution in [3.63, 3.8) is 0 Å². The molecule has 6 nitrogen and oxygen atoms in total. The van der Waals surface area contributed by atoms with Crippen molar-refractivity contribution in [3.05, 3.63) is 36.0 Å². The van der Waals surface area contributed by atoms with Crippen LogP contribution in [0, 0.1) is 28.6 Å². The molecule has 1 saturated heterocycles. The SMILES string of the molecule is C=C1C=C[C@@]2(C)C(=C1)CC[C@@H]1[C@@H]2[C@@H](O)C[C@@]2(C)[C@H]1C[C@H]1OC(CCC)O[C@]12C(=O)COC(=O)CCCSC(C)C. The van der Waals surface area contributed by atoms with Gasteiger partial charge in [0.05, 0.1) is 12.2 Å². The van der Waals surface area contributed by atoms with Gasteiger partial charge < -0.3 is 19.3 Å². The normalized spacial score (nSPS) is 41.7. The summed E-state index contributed by atoms with van der Waals surface area (Å²) in [5.41, 5.74) is 0.304. The molecule has 0 aromatic rings. The number of carbonyl (C=O) groups excluding carboxylic acids is 2. The largest absolute Gasteiger partial charge is 0.458 e. The highest BCUT2D eigenvalue weighted by Gasteiger charge is 2.75. The predicted molar refractivity (Wildman–Crippen MR) is 158 cm³/mol. The zero-order valence-electron chi connectivity index (χ0n) is 24.9. The molecule has 1 aliphatic heterocycles. The Morgan fingerprint density at radius 3 is 2.80 bits per heavy atom. The molecule has 0 bridgehead atoms. The topological polar surface area (TPSA) is 82.1 Å². The van der Waals surface area contributed by atoms with E-state index in [0.29, 0.717) is 24.5 Å². The molecule has 5 aliphatic rings. The molecule has 7 heteroatoms. The number of hydrogen-bond acceptors (Lipinski definition) is 7. The highest BCUT2D eigenvalue weighted by Crippen LogP contribution is 2.69. The van der Waals surface area contributed by atoms with Crippen LogP contribution < -0.4 is 0 Å². The minimum absolute atomic E-state index is 0.0638. The number of thioether (sulfide) groups is 1. The first-order valence-corrected chi connectivity index (χ1v) is 16.4. The molecule has 0 spiro atoms. The van der Waals surface area contributed by atoms with Crippen molar-refractivity contribution in [3.8, 4) is 0 Å². The van der Waals surface area contributed by atoms with Crippen LogP contribution in [0.4, 0.5) is 0 Å². The van der Waals surface area contributed by atoms with Crippen molar-refractivity contribution in [2.45, 2.75) is 115 Å². The van der Waals surface area contributed by atoms with Crippen LogP contribution in [0.1, 0.15) is 86.0 Å². The van der Waals surface area contributed by atoms with E-state index in [1.807, 2.05) is 11.8 Å². The van der Waals surface area contributed by atoms with Crippen molar-refractivity contribution >= 4 is 23.5 Å². The molecule has 4 fully saturated rings. The zero-order chi connectivity index (χ0) is 28.9. The van der Waals surface area contributed by atoms with Gasteiger partial charge in [0.1, 0.15) is 0 Å². The van der Waals surface area contributed by atoms with E-state index >= 15 is 0 Å². The number of ether oxygens (including phenoxy) is 3. The average molecular weight is 573 g/mol. The lowest BCUT2D eigenvalue weighted by Gasteiger charge is -2.59. The molecule has 4 aliphatic carbocycles. The molecule has 9 atom stereocenters. The second-order valence-electron chi connectivity index (χ2n) is 13.4. The van der Waals surface area contributed by atoms with Gasteiger partial charge in [-0.2, -0.15) is 11.8 Å². The summed E-state index contributed by atoms with van der Waals surface area (Å²) in [6.45, 7) is 14.6. The first-order chi connectivity index (χ1) is 19.0. The summed E-state index contributed by atoms with van der Waals surface area (Å²) in [4.78, 5) is 26.7. The summed E-state index contributed by atoms with van der Waals surface area (Å²) >= 11 is 1.82. The summed E-state index contributed by atoms with van der Waals surface area (Å²) in [6.07, 6.45) is 10.8. The van der Waals surface area contributed by atoms with Crippen LogP contribution in [0.3, 0.4) is 0 Å². The summed E-state index contributed by atoms with van der Waals surface area (Å²) in [7, 11) is 0. The fraction of sp³-hybridized carbons (Fsp3) is 0.758. The Morgan fingerprint density at radius 2 is 2.08 bits per heavy atom. The minimum atomic E-state index is -1.22. The van der Waals surface area contributed by atoms with E-state index in [9.17, 15) is 14.7 Å². The molecule has 1 N–H and O–H groups in total. The quantitative estimate of drug-likeness (QED) is 0.247. The van der Waals surface area contributed by atoms with Gasteiger partial charge in [0.2, 0.25) is 5.78 Å². The zero-order valence-corrected chi connectivity index (χ0v) is 25.8. The van der Waals surface area contributed by atoms with Crippen molar-refractivity contribution < 1.29 is 28.9 Å². The lowest BCUT2D eigenvalue weighted by Crippen LogP contribution is -2.63. The number of rotatable bonds is 10. The smallest absolute Gasteiger partial charge is 0.306 e. The van der Waals surface area contributed by atoms with Crippen LogP contribution in [0.25, 0.3) is 0 Å². The summed E-state index contributed by atoms with van der Waals surface area (Å²) in [5, 5.41) is 12.4. The summed E-state index contributed by atoms with van der Waals surface area (Å²) in [5.74, 6) is 0.797. The standard InChI is InChI=1S/C33H48O6S/c1-7-9-29-38-27-17-24-23-12-11-22-16-21(4)13-14-31(22,5)30(23)25(34)18-32(24,6)33(27,39-29)26(35)19-37-28(36)10-8-15-40-20(2)3/h13-14,16,20,23-25,27,29-30,34H,4,7-12,15,17-19H2,1-3,5-6H3/t23-,24-,25-,27+,29?,30+,31-,32-,33+/m0/s1. The molecule has 0 radical (unpaired) electrons. The number of fused-ring (bicyclic) bond motifs is 7. The van der Waals surface area contributed by atoms with E-state index < -0.39 is 29.5 Å². The monoisotopic (exact) mass is 572 g/mol. The summed E-state index contributed by atoms with van der Waals surface area (Å²) in [6, 6.07) is 0. The molecule has 0 amide bonds. The molecule has 1 unspecified atom stereocenters. The highest BCUT2D eigenvalue weighted by molar-refractivity contribution is 7.99. The number of aliphatic hydroxyl groups is 1. The third-order valence-corrected chi connectivity index (χ3v) is 11.9. The fourth-order valence-corrected chi connectivity index (χ4v) is 9.73. The summed E-state index contributed by atoms with van der Waals surface area (Å²) < 4.78 is 18.7. The number of ketones is 1. The third-order valence-electron chi connectivity index (χ3n) is 10.7. The Morgan fingerprint density at radius 1 is 1.30 bits per heavy atom. The van der Waals surface area contributed by atoms with Crippen molar-refractivity contribution in [2.75, 3.05) is 12.4 Å². The van der Waals surface area contributed by atoms with Gasteiger partial charge in [-0.05, 0) is 66.9 Å². The predicted octanol–water partition coefficient (Wildman–Crippen LogP) is 6.18. The molecule has 222 valence electrons. The Balaban J connectivity index is 1.38. The molecular weight excluding hydrogens is 524 g/mol. The van der Waals surface area contributed by atoms with Gasteiger partial charge in [-0.15, -0.1) is 0 Å². The number of esters is 1. The number of allylic oxidation sites excluding steroid dienone is 5. The third kappa shape index (κ3) is 4.87. The lowest BCUT2D eigenvalue weighted by atomic mass is 9.46. The van der Waals surface area contributed by atoms with E-state index in [1.165, 1.54) is 5.57 Å². The molecule has 40 heavy (non-hydrogen) atoms. The number of aliphatic hydroxyl groups excluding tert-OH is 1. The minimum Gasteiger partial charge on any atom is -0.458 e. The van der Waals surface area contributed by atoms with E-state index in [4.69, 9.17) is 14.2 Å². The maximum Gasteiger partial charge on any atom is 0.306 e. The molecule has 3 saturated carbocycles. The van der Waals surface area contributed by atoms with Gasteiger partial charge in [0.15, 0.2) is 18.5 Å². The van der Waals surface area contributed by atoms with Gasteiger partial charge >= 0.3 is 5.97 Å². The van der Waals surface area contributed by atoms with Crippen LogP contribution in [0.15, 0.2) is 36.0 Å². The molecular formula is C33H48O6S. The first kappa shape index (κ1) is 30.1. The molecule has 5 rings (SSSR count). The van der Waals surface area contributed by atoms with Crippen molar-refractivity contribution in [1.29, 1.82) is 0 Å². The Bertz CT molecular complexity index is 1080.